The van der Waals surface area contributed by atoms with Crippen molar-refractivity contribution in [1.82, 2.24) is 9.97 Å². The molecule has 0 amide bonds. The Labute approximate surface area is 114 Å². The molecule has 4 N–H and O–H groups in total. The highest BCUT2D eigenvalue weighted by molar-refractivity contribution is 5.75. The molecule has 2 aromatic carbocycles. The second kappa shape index (κ2) is 4.61. The zero-order valence-electron chi connectivity index (χ0n) is 10.9. The molecule has 3 aromatic rings. The zero-order valence-corrected chi connectivity index (χ0v) is 10.9. The minimum absolute atomic E-state index is 0.257. The molecule has 102 valence electrons. The van der Waals surface area contributed by atoms with Gasteiger partial charge in [-0.2, -0.15) is 0 Å². The van der Waals surface area contributed by atoms with Crippen LogP contribution < -0.4 is 11.4 Å². The molecule has 0 bridgehead atoms. The summed E-state index contributed by atoms with van der Waals surface area (Å²) in [5.41, 5.74) is 9.42. The first kappa shape index (κ1) is 12.6. The first-order valence-electron chi connectivity index (χ1n) is 6.28. The van der Waals surface area contributed by atoms with Gasteiger partial charge in [-0.25, -0.2) is 9.18 Å². The summed E-state index contributed by atoms with van der Waals surface area (Å²) in [6.07, 6.45) is 0. The van der Waals surface area contributed by atoms with Gasteiger partial charge in [0.05, 0.1) is 17.1 Å². The molecule has 0 aliphatic carbocycles. The Hall–Kier alpha value is -2.40. The third-order valence-electron chi connectivity index (χ3n) is 3.45. The van der Waals surface area contributed by atoms with E-state index in [2.05, 4.69) is 9.97 Å². The molecule has 0 saturated carbocycles. The van der Waals surface area contributed by atoms with E-state index < -0.39 is 6.04 Å². The molecule has 0 aliphatic heterocycles. The standard InChI is InChI=1S/C15H14FN3O/c1-8-2-3-9(6-11(8)16)14(17)10-4-5-12-13(7-10)19-15(20)18-12/h2-7,14H,17H2,1H3,(H2,18,19,20). The molecule has 1 atom stereocenters. The number of H-pyrrole nitrogens is 2. The van der Waals surface area contributed by atoms with E-state index in [1.165, 1.54) is 6.07 Å². The summed E-state index contributed by atoms with van der Waals surface area (Å²) in [4.78, 5) is 16.6. The largest absolute Gasteiger partial charge is 0.323 e. The molecule has 1 aromatic heterocycles. The third kappa shape index (κ3) is 2.12. The van der Waals surface area contributed by atoms with E-state index in [0.29, 0.717) is 16.6 Å². The van der Waals surface area contributed by atoms with Crippen LogP contribution in [0.2, 0.25) is 0 Å². The van der Waals surface area contributed by atoms with Crippen molar-refractivity contribution in [1.29, 1.82) is 0 Å². The van der Waals surface area contributed by atoms with Crippen molar-refractivity contribution >= 4 is 11.0 Å². The molecule has 1 unspecified atom stereocenters. The van der Waals surface area contributed by atoms with Crippen LogP contribution in [-0.2, 0) is 0 Å². The van der Waals surface area contributed by atoms with Gasteiger partial charge in [0.1, 0.15) is 5.82 Å². The lowest BCUT2D eigenvalue weighted by Gasteiger charge is -2.13. The Morgan fingerprint density at radius 3 is 2.45 bits per heavy atom. The van der Waals surface area contributed by atoms with Crippen LogP contribution in [-0.4, -0.2) is 9.97 Å². The van der Waals surface area contributed by atoms with Gasteiger partial charge >= 0.3 is 5.69 Å². The summed E-state index contributed by atoms with van der Waals surface area (Å²) >= 11 is 0. The molecule has 0 saturated heterocycles. The molecule has 1 heterocycles. The summed E-state index contributed by atoms with van der Waals surface area (Å²) in [6, 6.07) is 9.95. The zero-order chi connectivity index (χ0) is 14.3. The van der Waals surface area contributed by atoms with Gasteiger partial charge in [-0.05, 0) is 41.8 Å². The number of fused-ring (bicyclic) bond motifs is 1. The first-order valence-corrected chi connectivity index (χ1v) is 6.28. The number of nitrogens with two attached hydrogens (primary N) is 1. The molecular weight excluding hydrogens is 257 g/mol. The first-order chi connectivity index (χ1) is 9.54. The van der Waals surface area contributed by atoms with Crippen molar-refractivity contribution in [3.63, 3.8) is 0 Å². The van der Waals surface area contributed by atoms with Gasteiger partial charge in [-0.3, -0.25) is 0 Å². The number of nitrogens with one attached hydrogen (secondary N) is 2. The van der Waals surface area contributed by atoms with Crippen molar-refractivity contribution < 1.29 is 4.39 Å². The van der Waals surface area contributed by atoms with Crippen LogP contribution in [0.15, 0.2) is 41.2 Å². The lowest BCUT2D eigenvalue weighted by atomic mass is 9.98. The predicted molar refractivity (Wildman–Crippen MR) is 76.1 cm³/mol. The maximum absolute atomic E-state index is 13.6. The van der Waals surface area contributed by atoms with Crippen LogP contribution >= 0.6 is 0 Å². The van der Waals surface area contributed by atoms with E-state index in [4.69, 9.17) is 5.73 Å². The molecule has 3 rings (SSSR count). The van der Waals surface area contributed by atoms with Crippen molar-refractivity contribution in [3.05, 3.63) is 69.4 Å². The van der Waals surface area contributed by atoms with E-state index in [0.717, 1.165) is 11.1 Å². The summed E-state index contributed by atoms with van der Waals surface area (Å²) in [7, 11) is 0. The summed E-state index contributed by atoms with van der Waals surface area (Å²) in [5.74, 6) is -0.269. The minimum atomic E-state index is -0.437. The number of hydrogen-bond donors (Lipinski definition) is 3. The van der Waals surface area contributed by atoms with Gasteiger partial charge in [0.2, 0.25) is 0 Å². The van der Waals surface area contributed by atoms with E-state index in [1.807, 2.05) is 12.1 Å². The maximum Gasteiger partial charge on any atom is 0.323 e. The fourth-order valence-corrected chi connectivity index (χ4v) is 2.24. The number of hydrogen-bond acceptors (Lipinski definition) is 2. The Bertz CT molecular complexity index is 834. The SMILES string of the molecule is Cc1ccc(C(N)c2ccc3[nH]c(=O)[nH]c3c2)cc1F. The minimum Gasteiger partial charge on any atom is -0.320 e. The molecule has 4 nitrogen and oxygen atoms in total. The Morgan fingerprint density at radius 2 is 1.70 bits per heavy atom. The number of rotatable bonds is 2. The monoisotopic (exact) mass is 271 g/mol. The predicted octanol–water partition coefficient (Wildman–Crippen LogP) is 2.35. The van der Waals surface area contributed by atoms with E-state index in [-0.39, 0.29) is 11.5 Å². The van der Waals surface area contributed by atoms with Crippen molar-refractivity contribution in [3.8, 4) is 0 Å². The average Bonchev–Trinajstić information content (AvgIpc) is 2.80. The third-order valence-corrected chi connectivity index (χ3v) is 3.45. The summed E-state index contributed by atoms with van der Waals surface area (Å²) in [5, 5.41) is 0. The highest BCUT2D eigenvalue weighted by atomic mass is 19.1. The normalized spacial score (nSPS) is 12.8. The Balaban J connectivity index is 2.04. The molecule has 20 heavy (non-hydrogen) atoms. The van der Waals surface area contributed by atoms with E-state index in [1.54, 1.807) is 25.1 Å². The molecule has 0 spiro atoms. The molecule has 0 fully saturated rings. The van der Waals surface area contributed by atoms with Crippen LogP contribution in [0, 0.1) is 12.7 Å². The van der Waals surface area contributed by atoms with E-state index in [9.17, 15) is 9.18 Å². The highest BCUT2D eigenvalue weighted by Crippen LogP contribution is 2.23. The fraction of sp³-hybridized carbons (Fsp3) is 0.133. The number of benzene rings is 2. The van der Waals surface area contributed by atoms with Crippen LogP contribution in [0.4, 0.5) is 4.39 Å². The second-order valence-corrected chi connectivity index (χ2v) is 4.87. The lowest BCUT2D eigenvalue weighted by molar-refractivity contribution is 0.614. The number of aryl methyl sites for hydroxylation is 1. The van der Waals surface area contributed by atoms with Crippen LogP contribution in [0.25, 0.3) is 11.0 Å². The molecule has 0 aliphatic rings. The summed E-state index contributed by atoms with van der Waals surface area (Å²) in [6.45, 7) is 1.71. The number of aromatic nitrogens is 2. The Morgan fingerprint density at radius 1 is 1.05 bits per heavy atom. The lowest BCUT2D eigenvalue weighted by Crippen LogP contribution is -2.12. The van der Waals surface area contributed by atoms with Crippen molar-refractivity contribution in [2.75, 3.05) is 0 Å². The van der Waals surface area contributed by atoms with Gasteiger partial charge in [-0.15, -0.1) is 0 Å². The summed E-state index contributed by atoms with van der Waals surface area (Å²) < 4.78 is 13.6. The van der Waals surface area contributed by atoms with E-state index >= 15 is 0 Å². The van der Waals surface area contributed by atoms with Crippen LogP contribution in [0.1, 0.15) is 22.7 Å². The van der Waals surface area contributed by atoms with Crippen LogP contribution in [0.3, 0.4) is 0 Å². The van der Waals surface area contributed by atoms with Gasteiger partial charge in [-0.1, -0.05) is 18.2 Å². The van der Waals surface area contributed by atoms with Gasteiger partial charge in [0.15, 0.2) is 0 Å². The van der Waals surface area contributed by atoms with Gasteiger partial charge in [0, 0.05) is 0 Å². The van der Waals surface area contributed by atoms with Gasteiger partial charge < -0.3 is 15.7 Å². The molecular formula is C15H14FN3O. The Kier molecular flexibility index (Phi) is 2.91. The second-order valence-electron chi connectivity index (χ2n) is 4.87. The highest BCUT2D eigenvalue weighted by Gasteiger charge is 2.12. The van der Waals surface area contributed by atoms with Crippen molar-refractivity contribution in [2.24, 2.45) is 5.73 Å². The fourth-order valence-electron chi connectivity index (χ4n) is 2.24. The number of imidazole rings is 1. The molecule has 0 radical (unpaired) electrons. The number of halogens is 1. The van der Waals surface area contributed by atoms with Gasteiger partial charge in [0.25, 0.3) is 0 Å². The quantitative estimate of drug-likeness (QED) is 0.669. The molecule has 5 heteroatoms. The maximum atomic E-state index is 13.6. The van der Waals surface area contributed by atoms with Crippen LogP contribution in [0.5, 0.6) is 0 Å². The topological polar surface area (TPSA) is 74.7 Å². The average molecular weight is 271 g/mol. The van der Waals surface area contributed by atoms with Crippen molar-refractivity contribution in [2.45, 2.75) is 13.0 Å². The number of aromatic amines is 2. The smallest absolute Gasteiger partial charge is 0.320 e.